The number of carbonyl (C=O) groups is 2. The number of hydrogen-bond donors (Lipinski definition) is 0. The number of esters is 1. The number of ketones is 1. The Hall–Kier alpha value is -2.16. The molecule has 0 unspecified atom stereocenters. The third-order valence-corrected chi connectivity index (χ3v) is 2.00. The molecule has 0 aliphatic rings. The summed E-state index contributed by atoms with van der Waals surface area (Å²) in [6.07, 6.45) is 0. The molecule has 2 rings (SSSR count). The van der Waals surface area contributed by atoms with Crippen molar-refractivity contribution in [1.29, 1.82) is 0 Å². The quantitative estimate of drug-likeness (QED) is 0.570. The SMILES string of the molecule is CC(=O)Oc1cccc2ccccc12.CC(C)=O. The van der Waals surface area contributed by atoms with Crippen LogP contribution in [0.3, 0.4) is 0 Å². The highest BCUT2D eigenvalue weighted by Crippen LogP contribution is 2.24. The molecule has 0 heterocycles. The maximum absolute atomic E-state index is 10.8. The standard InChI is InChI=1S/C12H10O2.C3H6O/c1-9(13)14-12-8-4-6-10-5-2-3-7-11(10)12;1-3(2)4/h2-8H,1H3;1-2H3. The van der Waals surface area contributed by atoms with Gasteiger partial charge in [0.1, 0.15) is 11.5 Å². The zero-order valence-corrected chi connectivity index (χ0v) is 10.8. The molecule has 0 aromatic heterocycles. The summed E-state index contributed by atoms with van der Waals surface area (Å²) >= 11 is 0. The van der Waals surface area contributed by atoms with Gasteiger partial charge in [0.25, 0.3) is 0 Å². The van der Waals surface area contributed by atoms with Crippen molar-refractivity contribution in [2.45, 2.75) is 20.8 Å². The van der Waals surface area contributed by atoms with Crippen molar-refractivity contribution in [2.75, 3.05) is 0 Å². The van der Waals surface area contributed by atoms with Gasteiger partial charge in [-0.15, -0.1) is 0 Å². The van der Waals surface area contributed by atoms with Crippen LogP contribution in [0.15, 0.2) is 42.5 Å². The van der Waals surface area contributed by atoms with Crippen LogP contribution in [0.4, 0.5) is 0 Å². The number of rotatable bonds is 1. The van der Waals surface area contributed by atoms with E-state index in [0.717, 1.165) is 10.8 Å². The molecule has 0 spiro atoms. The van der Waals surface area contributed by atoms with Crippen LogP contribution in [0.25, 0.3) is 10.8 Å². The minimum absolute atomic E-state index is 0.167. The van der Waals surface area contributed by atoms with Gasteiger partial charge in [0.15, 0.2) is 0 Å². The van der Waals surface area contributed by atoms with Crippen molar-refractivity contribution >= 4 is 22.5 Å². The van der Waals surface area contributed by atoms with E-state index in [1.165, 1.54) is 20.8 Å². The van der Waals surface area contributed by atoms with Crippen LogP contribution in [0.2, 0.25) is 0 Å². The van der Waals surface area contributed by atoms with E-state index < -0.39 is 0 Å². The van der Waals surface area contributed by atoms with Crippen LogP contribution in [0.5, 0.6) is 5.75 Å². The van der Waals surface area contributed by atoms with E-state index in [1.54, 1.807) is 6.07 Å². The van der Waals surface area contributed by atoms with Gasteiger partial charge >= 0.3 is 5.97 Å². The second-order valence-electron chi connectivity index (χ2n) is 3.98. The lowest BCUT2D eigenvalue weighted by atomic mass is 10.1. The van der Waals surface area contributed by atoms with Crippen LogP contribution in [-0.4, -0.2) is 11.8 Å². The Bertz CT molecular complexity index is 549. The molecule has 0 bridgehead atoms. The Kier molecular flexibility index (Phi) is 5.06. The molecule has 2 aromatic rings. The molecule has 0 atom stereocenters. The van der Waals surface area contributed by atoms with E-state index in [2.05, 4.69) is 0 Å². The summed E-state index contributed by atoms with van der Waals surface area (Å²) < 4.78 is 5.09. The Morgan fingerprint density at radius 2 is 1.44 bits per heavy atom. The third-order valence-electron chi connectivity index (χ3n) is 2.00. The fraction of sp³-hybridized carbons (Fsp3) is 0.200. The minimum Gasteiger partial charge on any atom is -0.426 e. The molecule has 0 N–H and O–H groups in total. The number of ether oxygens (including phenoxy) is 1. The molecule has 94 valence electrons. The first-order valence-electron chi connectivity index (χ1n) is 5.64. The number of carbonyl (C=O) groups excluding carboxylic acids is 2. The largest absolute Gasteiger partial charge is 0.426 e. The highest BCUT2D eigenvalue weighted by atomic mass is 16.5. The molecule has 2 aromatic carbocycles. The second kappa shape index (κ2) is 6.55. The van der Waals surface area contributed by atoms with Gasteiger partial charge in [-0.1, -0.05) is 36.4 Å². The summed E-state index contributed by atoms with van der Waals surface area (Å²) in [5, 5.41) is 2.04. The molecule has 3 nitrogen and oxygen atoms in total. The summed E-state index contributed by atoms with van der Waals surface area (Å²) in [5.41, 5.74) is 0. The first-order valence-corrected chi connectivity index (χ1v) is 5.64. The summed E-state index contributed by atoms with van der Waals surface area (Å²) in [6.45, 7) is 4.46. The van der Waals surface area contributed by atoms with Gasteiger partial charge in [0, 0.05) is 12.3 Å². The predicted molar refractivity (Wildman–Crippen MR) is 71.6 cm³/mol. The summed E-state index contributed by atoms with van der Waals surface area (Å²) in [5.74, 6) is 0.497. The Morgan fingerprint density at radius 3 is 2.06 bits per heavy atom. The van der Waals surface area contributed by atoms with Gasteiger partial charge in [-0.25, -0.2) is 0 Å². The molecule has 0 saturated carbocycles. The molecule has 18 heavy (non-hydrogen) atoms. The summed E-state index contributed by atoms with van der Waals surface area (Å²) in [4.78, 5) is 20.3. The van der Waals surface area contributed by atoms with Crippen molar-refractivity contribution in [3.63, 3.8) is 0 Å². The van der Waals surface area contributed by atoms with Crippen molar-refractivity contribution in [2.24, 2.45) is 0 Å². The fourth-order valence-corrected chi connectivity index (χ4v) is 1.44. The van der Waals surface area contributed by atoms with Gasteiger partial charge in [-0.3, -0.25) is 4.79 Å². The Morgan fingerprint density at radius 1 is 0.889 bits per heavy atom. The minimum atomic E-state index is -0.290. The third kappa shape index (κ3) is 4.37. The van der Waals surface area contributed by atoms with Crippen LogP contribution < -0.4 is 4.74 Å². The zero-order chi connectivity index (χ0) is 13.5. The monoisotopic (exact) mass is 244 g/mol. The lowest BCUT2D eigenvalue weighted by Crippen LogP contribution is -2.01. The maximum atomic E-state index is 10.8. The average molecular weight is 244 g/mol. The van der Waals surface area contributed by atoms with Crippen molar-refractivity contribution < 1.29 is 14.3 Å². The maximum Gasteiger partial charge on any atom is 0.308 e. The van der Waals surface area contributed by atoms with Gasteiger partial charge in [-0.2, -0.15) is 0 Å². The smallest absolute Gasteiger partial charge is 0.308 e. The molecule has 0 aliphatic carbocycles. The highest BCUT2D eigenvalue weighted by Gasteiger charge is 2.02. The average Bonchev–Trinajstić information content (AvgIpc) is 2.28. The van der Waals surface area contributed by atoms with E-state index in [9.17, 15) is 9.59 Å². The van der Waals surface area contributed by atoms with Crippen LogP contribution in [0.1, 0.15) is 20.8 Å². The van der Waals surface area contributed by atoms with E-state index in [1.807, 2.05) is 36.4 Å². The first kappa shape index (κ1) is 13.9. The van der Waals surface area contributed by atoms with Crippen molar-refractivity contribution in [3.05, 3.63) is 42.5 Å². The first-order chi connectivity index (χ1) is 8.50. The molecule has 0 fully saturated rings. The summed E-state index contributed by atoms with van der Waals surface area (Å²) in [6, 6.07) is 13.5. The molecular weight excluding hydrogens is 228 g/mol. The number of hydrogen-bond acceptors (Lipinski definition) is 3. The molecular formula is C15H16O3. The predicted octanol–water partition coefficient (Wildman–Crippen LogP) is 3.36. The Balaban J connectivity index is 0.000000357. The molecule has 0 radical (unpaired) electrons. The molecule has 3 heteroatoms. The normalized spacial score (nSPS) is 9.28. The lowest BCUT2D eigenvalue weighted by molar-refractivity contribution is -0.131. The van der Waals surface area contributed by atoms with E-state index in [4.69, 9.17) is 4.74 Å². The molecule has 0 saturated heterocycles. The highest BCUT2D eigenvalue weighted by molar-refractivity contribution is 5.90. The Labute approximate surface area is 106 Å². The number of fused-ring (bicyclic) bond motifs is 1. The topological polar surface area (TPSA) is 43.4 Å². The van der Waals surface area contributed by atoms with Crippen molar-refractivity contribution in [1.82, 2.24) is 0 Å². The number of Topliss-reactive ketones (excluding diaryl/α,β-unsaturated/α-hetero) is 1. The van der Waals surface area contributed by atoms with Crippen molar-refractivity contribution in [3.8, 4) is 5.75 Å². The van der Waals surface area contributed by atoms with Crippen LogP contribution in [-0.2, 0) is 9.59 Å². The van der Waals surface area contributed by atoms with Crippen LogP contribution >= 0.6 is 0 Å². The van der Waals surface area contributed by atoms with Gasteiger partial charge < -0.3 is 9.53 Å². The zero-order valence-electron chi connectivity index (χ0n) is 10.8. The van der Waals surface area contributed by atoms with E-state index in [-0.39, 0.29) is 11.8 Å². The fourth-order valence-electron chi connectivity index (χ4n) is 1.44. The van der Waals surface area contributed by atoms with E-state index in [0.29, 0.717) is 5.75 Å². The second-order valence-corrected chi connectivity index (χ2v) is 3.98. The van der Waals surface area contributed by atoms with Gasteiger partial charge in [0.05, 0.1) is 0 Å². The van der Waals surface area contributed by atoms with Gasteiger partial charge in [0.2, 0.25) is 0 Å². The molecule has 0 aliphatic heterocycles. The van der Waals surface area contributed by atoms with E-state index >= 15 is 0 Å². The molecule has 0 amide bonds. The van der Waals surface area contributed by atoms with Crippen LogP contribution in [0, 0.1) is 0 Å². The lowest BCUT2D eigenvalue weighted by Gasteiger charge is -2.04. The van der Waals surface area contributed by atoms with Gasteiger partial charge in [-0.05, 0) is 25.3 Å². The summed E-state index contributed by atoms with van der Waals surface area (Å²) in [7, 11) is 0. The number of benzene rings is 2.